The van der Waals surface area contributed by atoms with E-state index in [2.05, 4.69) is 0 Å². The van der Waals surface area contributed by atoms with Crippen LogP contribution in [0.25, 0.3) is 0 Å². The van der Waals surface area contributed by atoms with Crippen molar-refractivity contribution >= 4 is 23.6 Å². The van der Waals surface area contributed by atoms with Gasteiger partial charge in [-0.2, -0.15) is 0 Å². The number of amides is 1. The Morgan fingerprint density at radius 1 is 1.32 bits per heavy atom. The Kier molecular flexibility index (Phi) is 4.85. The molecular weight excluding hydrogens is 262 g/mol. The van der Waals surface area contributed by atoms with Crippen LogP contribution < -0.4 is 0 Å². The van der Waals surface area contributed by atoms with E-state index in [1.54, 1.807) is 4.90 Å². The van der Waals surface area contributed by atoms with Gasteiger partial charge in [-0.15, -0.1) is 11.8 Å². The van der Waals surface area contributed by atoms with Gasteiger partial charge in [-0.1, -0.05) is 18.2 Å². The summed E-state index contributed by atoms with van der Waals surface area (Å²) in [6.45, 7) is 0.687. The molecule has 0 aromatic heterocycles. The first-order valence-corrected chi connectivity index (χ1v) is 7.34. The molecule has 1 atom stereocenters. The number of likely N-dealkylation sites (tertiary alicyclic amines) is 1. The standard InChI is InChI=1S/C14H17NO3S/c16-13(10-19-12-6-2-1-3-7-12)15-8-4-5-11(15)9-14(17)18/h1-3,6-7,11H,4-5,8-10H2,(H,17,18). The quantitative estimate of drug-likeness (QED) is 0.840. The highest BCUT2D eigenvalue weighted by molar-refractivity contribution is 8.00. The zero-order valence-corrected chi connectivity index (χ0v) is 11.4. The van der Waals surface area contributed by atoms with Crippen molar-refractivity contribution in [1.82, 2.24) is 4.90 Å². The lowest BCUT2D eigenvalue weighted by Crippen LogP contribution is -2.37. The Bertz CT molecular complexity index is 449. The second kappa shape index (κ2) is 6.61. The monoisotopic (exact) mass is 279 g/mol. The summed E-state index contributed by atoms with van der Waals surface area (Å²) < 4.78 is 0. The summed E-state index contributed by atoms with van der Waals surface area (Å²) in [5.41, 5.74) is 0. The van der Waals surface area contributed by atoms with Crippen LogP contribution >= 0.6 is 11.8 Å². The van der Waals surface area contributed by atoms with Crippen molar-refractivity contribution in [1.29, 1.82) is 0 Å². The number of carbonyl (C=O) groups is 2. The van der Waals surface area contributed by atoms with Crippen molar-refractivity contribution in [2.75, 3.05) is 12.3 Å². The molecule has 1 aromatic rings. The molecule has 5 heteroatoms. The highest BCUT2D eigenvalue weighted by Crippen LogP contribution is 2.23. The van der Waals surface area contributed by atoms with E-state index in [-0.39, 0.29) is 18.4 Å². The van der Waals surface area contributed by atoms with Gasteiger partial charge in [-0.25, -0.2) is 0 Å². The van der Waals surface area contributed by atoms with Crippen LogP contribution in [-0.4, -0.2) is 40.2 Å². The Morgan fingerprint density at radius 2 is 2.05 bits per heavy atom. The van der Waals surface area contributed by atoms with E-state index in [4.69, 9.17) is 5.11 Å². The molecule has 1 amide bonds. The highest BCUT2D eigenvalue weighted by Gasteiger charge is 2.29. The van der Waals surface area contributed by atoms with Gasteiger partial charge in [-0.05, 0) is 25.0 Å². The Morgan fingerprint density at radius 3 is 2.74 bits per heavy atom. The summed E-state index contributed by atoms with van der Waals surface area (Å²) in [6, 6.07) is 9.63. The van der Waals surface area contributed by atoms with Crippen LogP contribution in [0.3, 0.4) is 0 Å². The first-order chi connectivity index (χ1) is 9.16. The van der Waals surface area contributed by atoms with Gasteiger partial charge in [-0.3, -0.25) is 9.59 Å². The minimum Gasteiger partial charge on any atom is -0.481 e. The number of hydrogen-bond acceptors (Lipinski definition) is 3. The summed E-state index contributed by atoms with van der Waals surface area (Å²) in [6.07, 6.45) is 1.76. The van der Waals surface area contributed by atoms with Crippen LogP contribution in [0.2, 0.25) is 0 Å². The molecule has 1 heterocycles. The third-order valence-corrected chi connectivity index (χ3v) is 4.21. The third-order valence-electron chi connectivity index (χ3n) is 3.21. The molecule has 1 saturated heterocycles. The molecule has 1 N–H and O–H groups in total. The molecule has 1 aliphatic rings. The second-order valence-corrected chi connectivity index (χ2v) is 5.63. The minimum atomic E-state index is -0.833. The average Bonchev–Trinajstić information content (AvgIpc) is 2.84. The topological polar surface area (TPSA) is 57.6 Å². The fraction of sp³-hybridized carbons (Fsp3) is 0.429. The van der Waals surface area contributed by atoms with Crippen LogP contribution in [0, 0.1) is 0 Å². The van der Waals surface area contributed by atoms with E-state index >= 15 is 0 Å². The number of thioether (sulfide) groups is 1. The normalized spacial score (nSPS) is 18.5. The van der Waals surface area contributed by atoms with Gasteiger partial charge in [0.05, 0.1) is 12.2 Å². The SMILES string of the molecule is O=C(O)CC1CCCN1C(=O)CSc1ccccc1. The molecule has 1 aromatic carbocycles. The highest BCUT2D eigenvalue weighted by atomic mass is 32.2. The number of aliphatic carboxylic acids is 1. The van der Waals surface area contributed by atoms with E-state index in [1.807, 2.05) is 30.3 Å². The fourth-order valence-corrected chi connectivity index (χ4v) is 3.13. The van der Waals surface area contributed by atoms with E-state index in [1.165, 1.54) is 11.8 Å². The first kappa shape index (κ1) is 13.9. The summed E-state index contributed by atoms with van der Waals surface area (Å²) in [7, 11) is 0. The lowest BCUT2D eigenvalue weighted by molar-refractivity contribution is -0.139. The van der Waals surface area contributed by atoms with Crippen LogP contribution in [-0.2, 0) is 9.59 Å². The molecule has 102 valence electrons. The molecule has 0 aliphatic carbocycles. The summed E-state index contributed by atoms with van der Waals surface area (Å²) >= 11 is 1.50. The van der Waals surface area contributed by atoms with E-state index < -0.39 is 5.97 Å². The number of rotatable bonds is 5. The van der Waals surface area contributed by atoms with Crippen molar-refractivity contribution in [3.8, 4) is 0 Å². The Hall–Kier alpha value is -1.49. The van der Waals surface area contributed by atoms with Crippen LogP contribution in [0.1, 0.15) is 19.3 Å². The van der Waals surface area contributed by atoms with Crippen LogP contribution in [0.15, 0.2) is 35.2 Å². The van der Waals surface area contributed by atoms with Gasteiger partial charge in [0.2, 0.25) is 5.91 Å². The van der Waals surface area contributed by atoms with Crippen molar-refractivity contribution < 1.29 is 14.7 Å². The maximum Gasteiger partial charge on any atom is 0.305 e. The molecule has 0 bridgehead atoms. The van der Waals surface area contributed by atoms with Gasteiger partial charge in [0, 0.05) is 17.5 Å². The van der Waals surface area contributed by atoms with Crippen LogP contribution in [0.5, 0.6) is 0 Å². The largest absolute Gasteiger partial charge is 0.481 e. The molecule has 1 fully saturated rings. The molecule has 19 heavy (non-hydrogen) atoms. The number of nitrogens with zero attached hydrogens (tertiary/aromatic N) is 1. The van der Waals surface area contributed by atoms with Crippen molar-refractivity contribution in [3.05, 3.63) is 30.3 Å². The molecular formula is C14H17NO3S. The predicted molar refractivity (Wildman–Crippen MR) is 74.2 cm³/mol. The minimum absolute atomic E-state index is 0.0394. The smallest absolute Gasteiger partial charge is 0.305 e. The first-order valence-electron chi connectivity index (χ1n) is 6.36. The molecule has 0 radical (unpaired) electrons. The van der Waals surface area contributed by atoms with Crippen molar-refractivity contribution in [2.24, 2.45) is 0 Å². The van der Waals surface area contributed by atoms with Gasteiger partial charge < -0.3 is 10.0 Å². The molecule has 0 saturated carbocycles. The summed E-state index contributed by atoms with van der Waals surface area (Å²) in [4.78, 5) is 25.7. The zero-order chi connectivity index (χ0) is 13.7. The van der Waals surface area contributed by atoms with Crippen LogP contribution in [0.4, 0.5) is 0 Å². The number of carbonyl (C=O) groups excluding carboxylic acids is 1. The maximum atomic E-state index is 12.1. The van der Waals surface area contributed by atoms with Crippen molar-refractivity contribution in [2.45, 2.75) is 30.2 Å². The average molecular weight is 279 g/mol. The summed E-state index contributed by atoms with van der Waals surface area (Å²) in [5.74, 6) is -0.418. The Balaban J connectivity index is 1.87. The van der Waals surface area contributed by atoms with E-state index in [0.29, 0.717) is 12.3 Å². The number of carboxylic acid groups (broad SMARTS) is 1. The van der Waals surface area contributed by atoms with Gasteiger partial charge >= 0.3 is 5.97 Å². The van der Waals surface area contributed by atoms with E-state index in [9.17, 15) is 9.59 Å². The molecule has 1 aliphatic heterocycles. The number of benzene rings is 1. The van der Waals surface area contributed by atoms with E-state index in [0.717, 1.165) is 17.7 Å². The van der Waals surface area contributed by atoms with Gasteiger partial charge in [0.1, 0.15) is 0 Å². The molecule has 2 rings (SSSR count). The molecule has 0 spiro atoms. The summed E-state index contributed by atoms with van der Waals surface area (Å²) in [5, 5.41) is 8.84. The maximum absolute atomic E-state index is 12.1. The predicted octanol–water partition coefficient (Wildman–Crippen LogP) is 2.24. The lowest BCUT2D eigenvalue weighted by Gasteiger charge is -2.23. The second-order valence-electron chi connectivity index (χ2n) is 4.58. The number of carboxylic acids is 1. The molecule has 4 nitrogen and oxygen atoms in total. The van der Waals surface area contributed by atoms with Gasteiger partial charge in [0.15, 0.2) is 0 Å². The van der Waals surface area contributed by atoms with Crippen molar-refractivity contribution in [3.63, 3.8) is 0 Å². The fourth-order valence-electron chi connectivity index (χ4n) is 2.32. The third kappa shape index (κ3) is 3.99. The Labute approximate surface area is 116 Å². The lowest BCUT2D eigenvalue weighted by atomic mass is 10.1. The molecule has 1 unspecified atom stereocenters. The van der Waals surface area contributed by atoms with Gasteiger partial charge in [0.25, 0.3) is 0 Å². The zero-order valence-electron chi connectivity index (χ0n) is 10.6. The number of hydrogen-bond donors (Lipinski definition) is 1.